The molecule has 0 aromatic carbocycles. The highest BCUT2D eigenvalue weighted by Crippen LogP contribution is 2.40. The van der Waals surface area contributed by atoms with Gasteiger partial charge in [-0.05, 0) is 51.0 Å². The number of primary amides is 1. The Morgan fingerprint density at radius 3 is 2.59 bits per heavy atom. The summed E-state index contributed by atoms with van der Waals surface area (Å²) in [5, 5.41) is 3.07. The van der Waals surface area contributed by atoms with Crippen LogP contribution in [0.1, 0.15) is 53.9 Å². The molecule has 0 saturated carbocycles. The Bertz CT molecular complexity index is 666. The Labute approximate surface area is 171 Å². The van der Waals surface area contributed by atoms with Gasteiger partial charge in [-0.15, -0.1) is 0 Å². The van der Waals surface area contributed by atoms with Crippen LogP contribution < -0.4 is 11.1 Å². The fourth-order valence-corrected chi connectivity index (χ4v) is 3.63. The molecule has 0 unspecified atom stereocenters. The second kappa shape index (κ2) is 11.4. The average Bonchev–Trinajstić information content (AvgIpc) is 2.57. The van der Waals surface area contributed by atoms with Gasteiger partial charge in [0, 0.05) is 12.3 Å². The molecule has 0 bridgehead atoms. The molecule has 3 N–H and O–H groups in total. The molecule has 4 heteroatoms. The van der Waals surface area contributed by atoms with Gasteiger partial charge >= 0.3 is 0 Å². The van der Waals surface area contributed by atoms with E-state index in [9.17, 15) is 4.79 Å². The first-order chi connectivity index (χ1) is 12.7. The van der Waals surface area contributed by atoms with Crippen molar-refractivity contribution in [3.8, 4) is 0 Å². The summed E-state index contributed by atoms with van der Waals surface area (Å²) >= 11 is 4.12. The van der Waals surface area contributed by atoms with Crippen LogP contribution in [0.15, 0.2) is 58.7 Å². The highest BCUT2D eigenvalue weighted by molar-refractivity contribution is 7.80. The van der Waals surface area contributed by atoms with Crippen LogP contribution in [0, 0.1) is 5.41 Å². The molecule has 1 amide bonds. The highest BCUT2D eigenvalue weighted by atomic mass is 32.1. The lowest BCUT2D eigenvalue weighted by Crippen LogP contribution is -2.42. The Balaban J connectivity index is 2.62. The van der Waals surface area contributed by atoms with E-state index in [4.69, 9.17) is 5.73 Å². The maximum atomic E-state index is 11.1. The minimum atomic E-state index is -0.393. The molecular formula is C23H36N2OS. The Kier molecular flexibility index (Phi) is 9.89. The van der Waals surface area contributed by atoms with Crippen molar-refractivity contribution in [2.24, 2.45) is 11.1 Å². The zero-order valence-corrected chi connectivity index (χ0v) is 18.4. The topological polar surface area (TPSA) is 55.1 Å². The molecule has 0 heterocycles. The molecule has 1 rings (SSSR count). The molecule has 0 saturated heterocycles. The third-order valence-electron chi connectivity index (χ3n) is 5.09. The van der Waals surface area contributed by atoms with Gasteiger partial charge in [-0.25, -0.2) is 0 Å². The van der Waals surface area contributed by atoms with E-state index < -0.39 is 6.04 Å². The van der Waals surface area contributed by atoms with Gasteiger partial charge in [0.15, 0.2) is 0 Å². The summed E-state index contributed by atoms with van der Waals surface area (Å²) < 4.78 is 0. The summed E-state index contributed by atoms with van der Waals surface area (Å²) in [4.78, 5) is 11.1. The molecule has 150 valence electrons. The van der Waals surface area contributed by atoms with Gasteiger partial charge in [-0.1, -0.05) is 67.0 Å². The predicted octanol–water partition coefficient (Wildman–Crippen LogP) is 4.89. The van der Waals surface area contributed by atoms with Crippen LogP contribution in [0.3, 0.4) is 0 Å². The third-order valence-corrected chi connectivity index (χ3v) is 5.45. The van der Waals surface area contributed by atoms with Crippen molar-refractivity contribution >= 4 is 18.5 Å². The standard InChI is InChI=1S/C23H36N2OS/c1-17(11-12-20-19(3)10-7-14-23(20,4)5)8-6-9-18(2)13-15-25-21(16-27)22(24)26/h6,8-9,11-13,21,25,27H,7,10,14-16H2,1-5H3,(H2,24,26)/b9-6+,12-11+,17-8+,18-13+/t21-/m0/s1. The summed E-state index contributed by atoms with van der Waals surface area (Å²) in [7, 11) is 0. The van der Waals surface area contributed by atoms with E-state index in [1.165, 1.54) is 36.0 Å². The number of amides is 1. The quantitative estimate of drug-likeness (QED) is 0.389. The number of allylic oxidation sites excluding steroid dienone is 9. The first-order valence-electron chi connectivity index (χ1n) is 9.71. The monoisotopic (exact) mass is 388 g/mol. The molecule has 27 heavy (non-hydrogen) atoms. The van der Waals surface area contributed by atoms with Gasteiger partial charge in [0.25, 0.3) is 0 Å². The van der Waals surface area contributed by atoms with Crippen molar-refractivity contribution in [3.63, 3.8) is 0 Å². The lowest BCUT2D eigenvalue weighted by molar-refractivity contribution is -0.119. The molecular weight excluding hydrogens is 352 g/mol. The summed E-state index contributed by atoms with van der Waals surface area (Å²) in [6.45, 7) is 11.7. The number of hydrogen-bond acceptors (Lipinski definition) is 3. The number of hydrogen-bond donors (Lipinski definition) is 3. The molecule has 1 aliphatic carbocycles. The van der Waals surface area contributed by atoms with Gasteiger partial charge in [0.1, 0.15) is 0 Å². The summed E-state index contributed by atoms with van der Waals surface area (Å²) in [6, 6.07) is -0.393. The number of nitrogens with two attached hydrogens (primary N) is 1. The zero-order valence-electron chi connectivity index (χ0n) is 17.5. The van der Waals surface area contributed by atoms with Crippen LogP contribution in [0.25, 0.3) is 0 Å². The lowest BCUT2D eigenvalue weighted by Gasteiger charge is -2.32. The smallest absolute Gasteiger partial charge is 0.235 e. The normalized spacial score (nSPS) is 19.9. The Morgan fingerprint density at radius 1 is 1.30 bits per heavy atom. The maximum Gasteiger partial charge on any atom is 0.235 e. The van der Waals surface area contributed by atoms with Gasteiger partial charge in [-0.2, -0.15) is 12.6 Å². The van der Waals surface area contributed by atoms with E-state index in [-0.39, 0.29) is 11.3 Å². The van der Waals surface area contributed by atoms with Crippen molar-refractivity contribution in [1.29, 1.82) is 0 Å². The predicted molar refractivity (Wildman–Crippen MR) is 121 cm³/mol. The number of nitrogens with one attached hydrogen (secondary N) is 1. The van der Waals surface area contributed by atoms with Crippen LogP contribution in [-0.4, -0.2) is 24.2 Å². The number of carbonyl (C=O) groups excluding carboxylic acids is 1. The number of rotatable bonds is 9. The summed E-state index contributed by atoms with van der Waals surface area (Å²) in [5.74, 6) is 0.0300. The van der Waals surface area contributed by atoms with E-state index in [0.29, 0.717) is 12.3 Å². The molecule has 1 atom stereocenters. The lowest BCUT2D eigenvalue weighted by atomic mass is 9.72. The number of carbonyl (C=O) groups is 1. The second-order valence-electron chi connectivity index (χ2n) is 8.03. The van der Waals surface area contributed by atoms with E-state index in [1.54, 1.807) is 0 Å². The first-order valence-corrected chi connectivity index (χ1v) is 10.3. The van der Waals surface area contributed by atoms with Crippen molar-refractivity contribution in [2.45, 2.75) is 59.9 Å². The van der Waals surface area contributed by atoms with E-state index in [1.807, 2.05) is 13.0 Å². The van der Waals surface area contributed by atoms with Gasteiger partial charge < -0.3 is 11.1 Å². The fraction of sp³-hybridized carbons (Fsp3) is 0.522. The summed E-state index contributed by atoms with van der Waals surface area (Å²) in [5.41, 5.74) is 10.9. The SMILES string of the molecule is CC1=C(/C=C/C(C)=C/C=C/C(C)=C/CN[C@@H](CS)C(N)=O)C(C)(C)CCC1. The zero-order chi connectivity index (χ0) is 20.4. The molecule has 0 spiro atoms. The van der Waals surface area contributed by atoms with Crippen LogP contribution >= 0.6 is 12.6 Å². The van der Waals surface area contributed by atoms with Crippen molar-refractivity contribution < 1.29 is 4.79 Å². The van der Waals surface area contributed by atoms with E-state index in [0.717, 1.165) is 5.57 Å². The van der Waals surface area contributed by atoms with E-state index >= 15 is 0 Å². The minimum absolute atomic E-state index is 0.275. The van der Waals surface area contributed by atoms with Gasteiger partial charge in [-0.3, -0.25) is 4.79 Å². The van der Waals surface area contributed by atoms with Crippen LogP contribution in [0.2, 0.25) is 0 Å². The second-order valence-corrected chi connectivity index (χ2v) is 8.39. The number of thiol groups is 1. The molecule has 0 radical (unpaired) electrons. The Hall–Kier alpha value is -1.52. The molecule has 0 aliphatic heterocycles. The molecule has 3 nitrogen and oxygen atoms in total. The largest absolute Gasteiger partial charge is 0.368 e. The molecule has 0 fully saturated rings. The molecule has 1 aliphatic rings. The van der Waals surface area contributed by atoms with Gasteiger partial charge in [0.2, 0.25) is 5.91 Å². The fourth-order valence-electron chi connectivity index (χ4n) is 3.32. The van der Waals surface area contributed by atoms with Crippen LogP contribution in [0.5, 0.6) is 0 Å². The van der Waals surface area contributed by atoms with Crippen LogP contribution in [-0.2, 0) is 4.79 Å². The first kappa shape index (κ1) is 23.5. The summed E-state index contributed by atoms with van der Waals surface area (Å²) in [6.07, 6.45) is 16.5. The maximum absolute atomic E-state index is 11.1. The van der Waals surface area contributed by atoms with Gasteiger partial charge in [0.05, 0.1) is 6.04 Å². The van der Waals surface area contributed by atoms with Crippen molar-refractivity contribution in [3.05, 3.63) is 58.7 Å². The van der Waals surface area contributed by atoms with Crippen LogP contribution in [0.4, 0.5) is 0 Å². The molecule has 0 aromatic rings. The minimum Gasteiger partial charge on any atom is -0.368 e. The Morgan fingerprint density at radius 2 is 2.00 bits per heavy atom. The third kappa shape index (κ3) is 8.35. The van der Waals surface area contributed by atoms with Crippen molar-refractivity contribution in [2.75, 3.05) is 12.3 Å². The molecule has 0 aromatic heterocycles. The highest BCUT2D eigenvalue weighted by Gasteiger charge is 2.26. The van der Waals surface area contributed by atoms with E-state index in [2.05, 4.69) is 76.0 Å². The van der Waals surface area contributed by atoms with Crippen molar-refractivity contribution in [1.82, 2.24) is 5.32 Å². The average molecular weight is 389 g/mol.